The highest BCUT2D eigenvalue weighted by molar-refractivity contribution is 5.89. The number of nitrogens with one attached hydrogen (secondary N) is 2. The number of carbonyl (C=O) groups is 1. The van der Waals surface area contributed by atoms with Crippen molar-refractivity contribution in [2.45, 2.75) is 25.8 Å². The molecular formula is C26H28N2O5. The van der Waals surface area contributed by atoms with Crippen LogP contribution >= 0.6 is 0 Å². The molecule has 0 aliphatic carbocycles. The van der Waals surface area contributed by atoms with Crippen LogP contribution in [0.3, 0.4) is 0 Å². The normalized spacial score (nSPS) is 12.7. The van der Waals surface area contributed by atoms with Gasteiger partial charge in [-0.2, -0.15) is 0 Å². The molecule has 0 radical (unpaired) electrons. The summed E-state index contributed by atoms with van der Waals surface area (Å²) in [5.74, 6) is 3.04. The molecule has 7 nitrogen and oxygen atoms in total. The van der Waals surface area contributed by atoms with Gasteiger partial charge in [0.2, 0.25) is 6.79 Å². The minimum Gasteiger partial charge on any atom is -0.497 e. The second kappa shape index (κ2) is 10.6. The first-order valence-corrected chi connectivity index (χ1v) is 10.9. The topological polar surface area (TPSA) is 78.1 Å². The monoisotopic (exact) mass is 448 g/mol. The summed E-state index contributed by atoms with van der Waals surface area (Å²) >= 11 is 0. The largest absolute Gasteiger partial charge is 0.497 e. The van der Waals surface area contributed by atoms with Crippen LogP contribution in [0, 0.1) is 0 Å². The number of urea groups is 1. The zero-order valence-electron chi connectivity index (χ0n) is 18.8. The van der Waals surface area contributed by atoms with Gasteiger partial charge in [-0.15, -0.1) is 0 Å². The van der Waals surface area contributed by atoms with E-state index in [2.05, 4.69) is 10.6 Å². The van der Waals surface area contributed by atoms with Crippen molar-refractivity contribution in [2.75, 3.05) is 25.8 Å². The third-order valence-corrected chi connectivity index (χ3v) is 5.32. The predicted octanol–water partition coefficient (Wildman–Crippen LogP) is 4.80. The summed E-state index contributed by atoms with van der Waals surface area (Å²) in [7, 11) is 1.64. The standard InChI is InChI=1S/C26H28N2O5/c1-3-31-23-11-7-20(8-12-23)27-26(29)28-21(14-18-4-9-22(30-2)10-5-18)15-19-6-13-24-25(16-19)33-17-32-24/h4-13,16,21H,3,14-15,17H2,1-2H3,(H2,27,28,29). The SMILES string of the molecule is CCOc1ccc(NC(=O)NC(Cc2ccc(OC)cc2)Cc2ccc3c(c2)OCO3)cc1. The summed E-state index contributed by atoms with van der Waals surface area (Å²) in [5, 5.41) is 6.02. The van der Waals surface area contributed by atoms with E-state index in [1.807, 2.05) is 73.7 Å². The van der Waals surface area contributed by atoms with E-state index in [0.717, 1.165) is 34.1 Å². The van der Waals surface area contributed by atoms with Crippen LogP contribution in [0.15, 0.2) is 66.7 Å². The molecule has 0 spiro atoms. The second-order valence-corrected chi connectivity index (χ2v) is 7.70. The van der Waals surface area contributed by atoms with E-state index in [0.29, 0.717) is 25.1 Å². The van der Waals surface area contributed by atoms with Crippen LogP contribution in [0.2, 0.25) is 0 Å². The van der Waals surface area contributed by atoms with E-state index in [9.17, 15) is 4.79 Å². The minimum absolute atomic E-state index is 0.138. The highest BCUT2D eigenvalue weighted by Crippen LogP contribution is 2.33. The summed E-state index contributed by atoms with van der Waals surface area (Å²) in [6, 6.07) is 20.6. The van der Waals surface area contributed by atoms with Crippen molar-refractivity contribution in [2.24, 2.45) is 0 Å². The summed E-state index contributed by atoms with van der Waals surface area (Å²) in [6.07, 6.45) is 1.30. The first-order valence-electron chi connectivity index (χ1n) is 10.9. The van der Waals surface area contributed by atoms with Crippen molar-refractivity contribution < 1.29 is 23.7 Å². The zero-order chi connectivity index (χ0) is 23.0. The quantitative estimate of drug-likeness (QED) is 0.492. The summed E-state index contributed by atoms with van der Waals surface area (Å²) in [6.45, 7) is 2.76. The Labute approximate surface area is 193 Å². The number of ether oxygens (including phenoxy) is 4. The second-order valence-electron chi connectivity index (χ2n) is 7.70. The molecule has 3 aromatic rings. The maximum Gasteiger partial charge on any atom is 0.319 e. The molecule has 2 amide bonds. The smallest absolute Gasteiger partial charge is 0.319 e. The number of carbonyl (C=O) groups excluding carboxylic acids is 1. The lowest BCUT2D eigenvalue weighted by Crippen LogP contribution is -2.40. The molecule has 172 valence electrons. The highest BCUT2D eigenvalue weighted by atomic mass is 16.7. The molecule has 0 bridgehead atoms. The molecule has 3 aromatic carbocycles. The van der Waals surface area contributed by atoms with E-state index in [-0.39, 0.29) is 18.9 Å². The first-order chi connectivity index (χ1) is 16.1. The molecule has 33 heavy (non-hydrogen) atoms. The van der Waals surface area contributed by atoms with Gasteiger partial charge in [-0.3, -0.25) is 0 Å². The number of hydrogen-bond donors (Lipinski definition) is 2. The summed E-state index contributed by atoms with van der Waals surface area (Å²) in [5.41, 5.74) is 2.85. The number of methoxy groups -OCH3 is 1. The molecule has 7 heteroatoms. The lowest BCUT2D eigenvalue weighted by atomic mass is 9.98. The van der Waals surface area contributed by atoms with Gasteiger partial charge in [0.15, 0.2) is 11.5 Å². The number of anilines is 1. The van der Waals surface area contributed by atoms with Crippen LogP contribution in [0.25, 0.3) is 0 Å². The molecule has 0 fully saturated rings. The van der Waals surface area contributed by atoms with Gasteiger partial charge in [0.1, 0.15) is 11.5 Å². The van der Waals surface area contributed by atoms with Gasteiger partial charge < -0.3 is 29.6 Å². The van der Waals surface area contributed by atoms with Crippen LogP contribution in [0.5, 0.6) is 23.0 Å². The first kappa shape index (κ1) is 22.3. The van der Waals surface area contributed by atoms with Gasteiger partial charge in [-0.05, 0) is 79.4 Å². The van der Waals surface area contributed by atoms with Gasteiger partial charge in [-0.25, -0.2) is 4.79 Å². The van der Waals surface area contributed by atoms with Crippen LogP contribution in [0.1, 0.15) is 18.1 Å². The molecule has 0 saturated carbocycles. The van der Waals surface area contributed by atoms with Crippen molar-refractivity contribution in [3.63, 3.8) is 0 Å². The van der Waals surface area contributed by atoms with E-state index in [1.165, 1.54) is 0 Å². The average Bonchev–Trinajstić information content (AvgIpc) is 3.29. The van der Waals surface area contributed by atoms with Crippen molar-refractivity contribution in [1.29, 1.82) is 0 Å². The minimum atomic E-state index is -0.265. The fourth-order valence-corrected chi connectivity index (χ4v) is 3.73. The van der Waals surface area contributed by atoms with Crippen LogP contribution in [-0.4, -0.2) is 32.6 Å². The highest BCUT2D eigenvalue weighted by Gasteiger charge is 2.18. The lowest BCUT2D eigenvalue weighted by Gasteiger charge is -2.20. The van der Waals surface area contributed by atoms with Gasteiger partial charge in [0, 0.05) is 11.7 Å². The third-order valence-electron chi connectivity index (χ3n) is 5.32. The number of amides is 2. The van der Waals surface area contributed by atoms with Gasteiger partial charge >= 0.3 is 6.03 Å². The Balaban J connectivity index is 1.45. The molecule has 2 N–H and O–H groups in total. The number of rotatable bonds is 9. The fourth-order valence-electron chi connectivity index (χ4n) is 3.73. The Morgan fingerprint density at radius 3 is 2.30 bits per heavy atom. The maximum atomic E-state index is 12.8. The van der Waals surface area contributed by atoms with E-state index >= 15 is 0 Å². The average molecular weight is 449 g/mol. The number of hydrogen-bond acceptors (Lipinski definition) is 5. The van der Waals surface area contributed by atoms with Crippen molar-refractivity contribution in [3.05, 3.63) is 77.9 Å². The molecular weight excluding hydrogens is 420 g/mol. The Bertz CT molecular complexity index is 1070. The van der Waals surface area contributed by atoms with Crippen LogP contribution in [0.4, 0.5) is 10.5 Å². The molecule has 4 rings (SSSR count). The Kier molecular flexibility index (Phi) is 7.19. The van der Waals surface area contributed by atoms with Gasteiger partial charge in [0.05, 0.1) is 13.7 Å². The number of fused-ring (bicyclic) bond motifs is 1. The van der Waals surface area contributed by atoms with Crippen LogP contribution < -0.4 is 29.6 Å². The van der Waals surface area contributed by atoms with Gasteiger partial charge in [-0.1, -0.05) is 18.2 Å². The lowest BCUT2D eigenvalue weighted by molar-refractivity contribution is 0.174. The molecule has 1 aliphatic rings. The number of benzene rings is 3. The molecule has 1 aliphatic heterocycles. The van der Waals surface area contributed by atoms with Gasteiger partial charge in [0.25, 0.3) is 0 Å². The Hall–Kier alpha value is -3.87. The van der Waals surface area contributed by atoms with Crippen molar-refractivity contribution in [3.8, 4) is 23.0 Å². The molecule has 0 saturated heterocycles. The van der Waals surface area contributed by atoms with Crippen LogP contribution in [-0.2, 0) is 12.8 Å². The Morgan fingerprint density at radius 2 is 1.58 bits per heavy atom. The predicted molar refractivity (Wildman–Crippen MR) is 127 cm³/mol. The third kappa shape index (κ3) is 6.10. The molecule has 1 heterocycles. The summed E-state index contributed by atoms with van der Waals surface area (Å²) < 4.78 is 21.6. The van der Waals surface area contributed by atoms with Crippen molar-refractivity contribution in [1.82, 2.24) is 5.32 Å². The van der Waals surface area contributed by atoms with E-state index < -0.39 is 0 Å². The molecule has 1 atom stereocenters. The zero-order valence-corrected chi connectivity index (χ0v) is 18.8. The molecule has 1 unspecified atom stereocenters. The maximum absolute atomic E-state index is 12.8. The van der Waals surface area contributed by atoms with E-state index in [4.69, 9.17) is 18.9 Å². The van der Waals surface area contributed by atoms with E-state index in [1.54, 1.807) is 7.11 Å². The Morgan fingerprint density at radius 1 is 0.909 bits per heavy atom. The fraction of sp³-hybridized carbons (Fsp3) is 0.269. The molecule has 0 aromatic heterocycles. The summed E-state index contributed by atoms with van der Waals surface area (Å²) in [4.78, 5) is 12.8. The van der Waals surface area contributed by atoms with Crippen molar-refractivity contribution >= 4 is 11.7 Å².